The van der Waals surface area contributed by atoms with Crippen LogP contribution < -0.4 is 0 Å². The summed E-state index contributed by atoms with van der Waals surface area (Å²) < 4.78 is 0. The van der Waals surface area contributed by atoms with Crippen LogP contribution in [0.3, 0.4) is 0 Å². The second-order valence-electron chi connectivity index (χ2n) is 3.20. The number of ketones is 1. The third kappa shape index (κ3) is 1.74. The van der Waals surface area contributed by atoms with Gasteiger partial charge in [0.05, 0.1) is 0 Å². The van der Waals surface area contributed by atoms with Gasteiger partial charge in [0.25, 0.3) is 0 Å². The van der Waals surface area contributed by atoms with Crippen LogP contribution in [0.5, 0.6) is 0 Å². The fourth-order valence-electron chi connectivity index (χ4n) is 1.45. The molecule has 0 bridgehead atoms. The highest BCUT2D eigenvalue weighted by Gasteiger charge is 2.22. The fourth-order valence-corrected chi connectivity index (χ4v) is 2.74. The highest BCUT2D eigenvalue weighted by molar-refractivity contribution is 8.00. The van der Waals surface area contributed by atoms with Gasteiger partial charge in [-0.2, -0.15) is 0 Å². The Kier molecular flexibility index (Phi) is 2.35. The van der Waals surface area contributed by atoms with Crippen LogP contribution in [-0.2, 0) is 0 Å². The van der Waals surface area contributed by atoms with Gasteiger partial charge in [-0.05, 0) is 18.2 Å². The van der Waals surface area contributed by atoms with Gasteiger partial charge in [0.1, 0.15) is 0 Å². The monoisotopic (exact) mass is 212 g/mol. The molecule has 1 nitrogen and oxygen atoms in total. The summed E-state index contributed by atoms with van der Waals surface area (Å²) in [5.74, 6) is 0.212. The number of thioether (sulfide) groups is 1. The molecule has 1 aromatic carbocycles. The van der Waals surface area contributed by atoms with Gasteiger partial charge in [-0.25, -0.2) is 0 Å². The van der Waals surface area contributed by atoms with E-state index in [1.165, 1.54) is 0 Å². The number of hydrogen-bond donors (Lipinski definition) is 0. The van der Waals surface area contributed by atoms with Crippen molar-refractivity contribution in [3.8, 4) is 0 Å². The smallest absolute Gasteiger partial charge is 0.165 e. The van der Waals surface area contributed by atoms with Crippen molar-refractivity contribution in [2.24, 2.45) is 0 Å². The van der Waals surface area contributed by atoms with Crippen molar-refractivity contribution in [2.45, 2.75) is 23.5 Å². The number of halogens is 1. The second-order valence-corrected chi connectivity index (χ2v) is 5.11. The Hall–Kier alpha value is -0.470. The normalized spacial score (nSPS) is 21.4. The molecule has 68 valence electrons. The maximum atomic E-state index is 11.6. The minimum absolute atomic E-state index is 0.212. The molecule has 1 atom stereocenters. The molecule has 0 saturated carbocycles. The van der Waals surface area contributed by atoms with E-state index in [1.807, 2.05) is 12.1 Å². The van der Waals surface area contributed by atoms with Gasteiger partial charge < -0.3 is 0 Å². The molecule has 2 rings (SSSR count). The molecule has 0 aliphatic carbocycles. The van der Waals surface area contributed by atoms with Crippen LogP contribution in [-0.4, -0.2) is 11.0 Å². The zero-order valence-corrected chi connectivity index (χ0v) is 8.78. The van der Waals surface area contributed by atoms with E-state index in [1.54, 1.807) is 17.8 Å². The lowest BCUT2D eigenvalue weighted by Crippen LogP contribution is -2.14. The standard InChI is InChI=1S/C10H9ClOS/c1-6-4-9(12)8-5-7(11)2-3-10(8)13-6/h2-3,5-6H,4H2,1H3/t6-/m1/s1. The molecule has 0 fully saturated rings. The summed E-state index contributed by atoms with van der Waals surface area (Å²) in [4.78, 5) is 12.6. The Bertz CT molecular complexity index is 362. The van der Waals surface area contributed by atoms with E-state index in [4.69, 9.17) is 11.6 Å². The lowest BCUT2D eigenvalue weighted by atomic mass is 10.1. The summed E-state index contributed by atoms with van der Waals surface area (Å²) in [7, 11) is 0. The summed E-state index contributed by atoms with van der Waals surface area (Å²) in [6.45, 7) is 2.07. The Morgan fingerprint density at radius 3 is 3.08 bits per heavy atom. The summed E-state index contributed by atoms with van der Waals surface area (Å²) >= 11 is 7.56. The third-order valence-electron chi connectivity index (χ3n) is 2.04. The van der Waals surface area contributed by atoms with Crippen molar-refractivity contribution < 1.29 is 4.79 Å². The van der Waals surface area contributed by atoms with Crippen molar-refractivity contribution in [2.75, 3.05) is 0 Å². The maximum Gasteiger partial charge on any atom is 0.165 e. The molecule has 0 N–H and O–H groups in total. The number of carbonyl (C=O) groups excluding carboxylic acids is 1. The molecule has 13 heavy (non-hydrogen) atoms. The van der Waals surface area contributed by atoms with Crippen molar-refractivity contribution in [3.63, 3.8) is 0 Å². The van der Waals surface area contributed by atoms with Crippen molar-refractivity contribution in [1.29, 1.82) is 0 Å². The summed E-state index contributed by atoms with van der Waals surface area (Å²) in [5, 5.41) is 1.03. The van der Waals surface area contributed by atoms with E-state index in [0.29, 0.717) is 16.7 Å². The number of Topliss-reactive ketones (excluding diaryl/α,β-unsaturated/α-hetero) is 1. The Morgan fingerprint density at radius 2 is 2.31 bits per heavy atom. The van der Waals surface area contributed by atoms with E-state index in [2.05, 4.69) is 6.92 Å². The van der Waals surface area contributed by atoms with Gasteiger partial charge in [-0.1, -0.05) is 18.5 Å². The van der Waals surface area contributed by atoms with Crippen molar-refractivity contribution in [1.82, 2.24) is 0 Å². The SMILES string of the molecule is C[C@@H]1CC(=O)c2cc(Cl)ccc2S1. The molecule has 1 heterocycles. The maximum absolute atomic E-state index is 11.6. The van der Waals surface area contributed by atoms with Gasteiger partial charge in [-0.15, -0.1) is 11.8 Å². The summed E-state index contributed by atoms with van der Waals surface area (Å²) in [5.41, 5.74) is 0.788. The van der Waals surface area contributed by atoms with Crippen molar-refractivity contribution in [3.05, 3.63) is 28.8 Å². The molecular weight excluding hydrogens is 204 g/mol. The number of benzene rings is 1. The Balaban J connectivity index is 2.49. The van der Waals surface area contributed by atoms with Crippen LogP contribution >= 0.6 is 23.4 Å². The summed E-state index contributed by atoms with van der Waals surface area (Å²) in [6, 6.07) is 5.52. The molecule has 0 spiro atoms. The molecule has 1 aromatic rings. The second kappa shape index (κ2) is 3.35. The molecule has 1 aliphatic heterocycles. The quantitative estimate of drug-likeness (QED) is 0.656. The molecular formula is C10H9ClOS. The van der Waals surface area contributed by atoms with E-state index >= 15 is 0 Å². The van der Waals surface area contributed by atoms with Crippen LogP contribution in [0.15, 0.2) is 23.1 Å². The third-order valence-corrected chi connectivity index (χ3v) is 3.46. The first-order chi connectivity index (χ1) is 6.16. The minimum atomic E-state index is 0.212. The van der Waals surface area contributed by atoms with E-state index in [0.717, 1.165) is 10.5 Å². The predicted octanol–water partition coefficient (Wildman–Crippen LogP) is 3.41. The number of fused-ring (bicyclic) bond motifs is 1. The average Bonchev–Trinajstić information content (AvgIpc) is 2.06. The Labute approximate surface area is 86.5 Å². The molecule has 1 aliphatic rings. The fraction of sp³-hybridized carbons (Fsp3) is 0.300. The average molecular weight is 213 g/mol. The largest absolute Gasteiger partial charge is 0.294 e. The molecule has 0 saturated heterocycles. The zero-order valence-electron chi connectivity index (χ0n) is 7.21. The van der Waals surface area contributed by atoms with E-state index in [-0.39, 0.29) is 5.78 Å². The van der Waals surface area contributed by atoms with Crippen LogP contribution in [0.1, 0.15) is 23.7 Å². The van der Waals surface area contributed by atoms with E-state index < -0.39 is 0 Å². The Morgan fingerprint density at radius 1 is 1.54 bits per heavy atom. The van der Waals surface area contributed by atoms with Crippen LogP contribution in [0.4, 0.5) is 0 Å². The highest BCUT2D eigenvalue weighted by Crippen LogP contribution is 2.35. The van der Waals surface area contributed by atoms with Gasteiger partial charge >= 0.3 is 0 Å². The first kappa shape index (κ1) is 9.10. The number of carbonyl (C=O) groups is 1. The zero-order chi connectivity index (χ0) is 9.42. The number of hydrogen-bond acceptors (Lipinski definition) is 2. The van der Waals surface area contributed by atoms with Crippen LogP contribution in [0, 0.1) is 0 Å². The number of rotatable bonds is 0. The molecule has 0 unspecified atom stereocenters. The first-order valence-electron chi connectivity index (χ1n) is 4.16. The van der Waals surface area contributed by atoms with Gasteiger partial charge in [0.15, 0.2) is 5.78 Å². The molecule has 0 amide bonds. The van der Waals surface area contributed by atoms with Crippen LogP contribution in [0.2, 0.25) is 5.02 Å². The lowest BCUT2D eigenvalue weighted by Gasteiger charge is -2.19. The van der Waals surface area contributed by atoms with Crippen molar-refractivity contribution >= 4 is 29.1 Å². The van der Waals surface area contributed by atoms with Gasteiger partial charge in [0.2, 0.25) is 0 Å². The highest BCUT2D eigenvalue weighted by atomic mass is 35.5. The minimum Gasteiger partial charge on any atom is -0.294 e. The first-order valence-corrected chi connectivity index (χ1v) is 5.42. The topological polar surface area (TPSA) is 17.1 Å². The molecule has 0 aromatic heterocycles. The van der Waals surface area contributed by atoms with Gasteiger partial charge in [-0.3, -0.25) is 4.79 Å². The summed E-state index contributed by atoms with van der Waals surface area (Å²) in [6.07, 6.45) is 0.623. The lowest BCUT2D eigenvalue weighted by molar-refractivity contribution is 0.0978. The molecule has 0 radical (unpaired) electrons. The van der Waals surface area contributed by atoms with E-state index in [9.17, 15) is 4.79 Å². The van der Waals surface area contributed by atoms with Crippen LogP contribution in [0.25, 0.3) is 0 Å². The van der Waals surface area contributed by atoms with Gasteiger partial charge in [0, 0.05) is 27.2 Å². The molecule has 3 heteroatoms. The predicted molar refractivity (Wildman–Crippen MR) is 55.7 cm³/mol.